The van der Waals surface area contributed by atoms with Gasteiger partial charge in [0.1, 0.15) is 0 Å². The van der Waals surface area contributed by atoms with Crippen LogP contribution in [0.15, 0.2) is 36.4 Å². The van der Waals surface area contributed by atoms with E-state index in [9.17, 15) is 0 Å². The summed E-state index contributed by atoms with van der Waals surface area (Å²) in [4.78, 5) is 2.38. The average Bonchev–Trinajstić information content (AvgIpc) is 2.59. The first-order valence-corrected chi connectivity index (χ1v) is 8.30. The van der Waals surface area contributed by atoms with E-state index < -0.39 is 0 Å². The second kappa shape index (κ2) is 5.95. The maximum absolute atomic E-state index is 6.17. The summed E-state index contributed by atoms with van der Waals surface area (Å²) < 4.78 is 11.6. The molecule has 2 aromatic carbocycles. The standard InChI is InChI=1S/C18H19ClN2O2/c1-22-16-4-2-3-15-18(16)23-17-11-12(19)5-6-14(17)21(15)13-7-9-20-10-8-13/h2-6,11,13,20H,7-10H2,1H3. The number of benzene rings is 2. The van der Waals surface area contributed by atoms with E-state index in [1.54, 1.807) is 7.11 Å². The molecule has 1 N–H and O–H groups in total. The number of hydrogen-bond donors (Lipinski definition) is 1. The Balaban J connectivity index is 1.87. The van der Waals surface area contributed by atoms with Gasteiger partial charge in [0.05, 0.1) is 18.5 Å². The Labute approximate surface area is 141 Å². The summed E-state index contributed by atoms with van der Waals surface area (Å²) in [5.41, 5.74) is 2.13. The molecule has 0 aliphatic carbocycles. The number of fused-ring (bicyclic) bond motifs is 2. The van der Waals surface area contributed by atoms with Crippen molar-refractivity contribution in [2.24, 2.45) is 0 Å². The van der Waals surface area contributed by atoms with Gasteiger partial charge in [-0.05, 0) is 50.2 Å². The highest BCUT2D eigenvalue weighted by Gasteiger charge is 2.32. The largest absolute Gasteiger partial charge is 0.493 e. The van der Waals surface area contributed by atoms with Crippen LogP contribution in [0.5, 0.6) is 17.2 Å². The third-order valence-corrected chi connectivity index (χ3v) is 4.74. The summed E-state index contributed by atoms with van der Waals surface area (Å²) in [5.74, 6) is 2.29. The summed E-state index contributed by atoms with van der Waals surface area (Å²) >= 11 is 6.17. The van der Waals surface area contributed by atoms with Crippen LogP contribution in [0.1, 0.15) is 12.8 Å². The smallest absolute Gasteiger partial charge is 0.192 e. The highest BCUT2D eigenvalue weighted by molar-refractivity contribution is 6.30. The number of nitrogens with one attached hydrogen (secondary N) is 1. The van der Waals surface area contributed by atoms with Gasteiger partial charge in [-0.25, -0.2) is 0 Å². The second-order valence-corrected chi connectivity index (χ2v) is 6.31. The maximum Gasteiger partial charge on any atom is 0.192 e. The molecule has 0 unspecified atom stereocenters. The van der Waals surface area contributed by atoms with Crippen molar-refractivity contribution in [2.75, 3.05) is 25.1 Å². The summed E-state index contributed by atoms with van der Waals surface area (Å²) in [6.07, 6.45) is 2.19. The predicted molar refractivity (Wildman–Crippen MR) is 92.6 cm³/mol. The molecule has 4 rings (SSSR count). The van der Waals surface area contributed by atoms with E-state index in [2.05, 4.69) is 16.3 Å². The summed E-state index contributed by atoms with van der Waals surface area (Å²) in [6.45, 7) is 2.06. The van der Waals surface area contributed by atoms with E-state index in [4.69, 9.17) is 21.1 Å². The van der Waals surface area contributed by atoms with Gasteiger partial charge in [-0.15, -0.1) is 0 Å². The molecular weight excluding hydrogens is 312 g/mol. The summed E-state index contributed by atoms with van der Waals surface area (Å²) in [6, 6.07) is 12.3. The number of hydrogen-bond acceptors (Lipinski definition) is 4. The zero-order valence-corrected chi connectivity index (χ0v) is 13.8. The number of halogens is 1. The topological polar surface area (TPSA) is 33.7 Å². The van der Waals surface area contributed by atoms with E-state index in [0.717, 1.165) is 54.6 Å². The van der Waals surface area contributed by atoms with Crippen LogP contribution in [0.3, 0.4) is 0 Å². The number of rotatable bonds is 2. The molecule has 0 bridgehead atoms. The lowest BCUT2D eigenvalue weighted by molar-refractivity contribution is 0.371. The van der Waals surface area contributed by atoms with Gasteiger partial charge in [-0.2, -0.15) is 0 Å². The Morgan fingerprint density at radius 3 is 2.78 bits per heavy atom. The Bertz CT molecular complexity index is 729. The number of piperidine rings is 1. The third kappa shape index (κ3) is 2.52. The molecule has 2 aliphatic heterocycles. The number of methoxy groups -OCH3 is 1. The number of para-hydroxylation sites is 1. The quantitative estimate of drug-likeness (QED) is 0.888. The van der Waals surface area contributed by atoms with E-state index >= 15 is 0 Å². The Morgan fingerprint density at radius 2 is 2.00 bits per heavy atom. The molecule has 2 heterocycles. The van der Waals surface area contributed by atoms with Crippen LogP contribution in [0.2, 0.25) is 5.02 Å². The fraction of sp³-hybridized carbons (Fsp3) is 0.333. The van der Waals surface area contributed by atoms with Gasteiger partial charge in [0.2, 0.25) is 0 Å². The predicted octanol–water partition coefficient (Wildman–Crippen LogP) is 4.34. The zero-order chi connectivity index (χ0) is 15.8. The van der Waals surface area contributed by atoms with Gasteiger partial charge in [0.15, 0.2) is 17.2 Å². The molecular formula is C18H19ClN2O2. The molecule has 0 spiro atoms. The monoisotopic (exact) mass is 330 g/mol. The van der Waals surface area contributed by atoms with Crippen LogP contribution in [0, 0.1) is 0 Å². The molecule has 0 aromatic heterocycles. The van der Waals surface area contributed by atoms with Crippen molar-refractivity contribution in [3.8, 4) is 17.2 Å². The van der Waals surface area contributed by atoms with Crippen molar-refractivity contribution in [3.05, 3.63) is 41.4 Å². The van der Waals surface area contributed by atoms with Crippen molar-refractivity contribution in [1.29, 1.82) is 0 Å². The fourth-order valence-electron chi connectivity index (χ4n) is 3.42. The molecule has 23 heavy (non-hydrogen) atoms. The normalized spacial score (nSPS) is 17.2. The molecule has 1 fully saturated rings. The minimum atomic E-state index is 0.436. The van der Waals surface area contributed by atoms with Crippen molar-refractivity contribution in [3.63, 3.8) is 0 Å². The van der Waals surface area contributed by atoms with Crippen LogP contribution in [0.4, 0.5) is 11.4 Å². The molecule has 0 atom stereocenters. The second-order valence-electron chi connectivity index (χ2n) is 5.87. The molecule has 0 radical (unpaired) electrons. The van der Waals surface area contributed by atoms with Gasteiger partial charge < -0.3 is 19.7 Å². The van der Waals surface area contributed by atoms with Gasteiger partial charge in [-0.1, -0.05) is 17.7 Å². The lowest BCUT2D eigenvalue weighted by Gasteiger charge is -2.40. The van der Waals surface area contributed by atoms with E-state index in [-0.39, 0.29) is 0 Å². The summed E-state index contributed by atoms with van der Waals surface area (Å²) in [5, 5.41) is 4.10. The van der Waals surface area contributed by atoms with Crippen LogP contribution >= 0.6 is 11.6 Å². The minimum Gasteiger partial charge on any atom is -0.493 e. The Morgan fingerprint density at radius 1 is 1.17 bits per heavy atom. The lowest BCUT2D eigenvalue weighted by Crippen LogP contribution is -2.41. The van der Waals surface area contributed by atoms with Crippen molar-refractivity contribution in [2.45, 2.75) is 18.9 Å². The molecule has 5 heteroatoms. The maximum atomic E-state index is 6.17. The number of nitrogens with zero attached hydrogens (tertiary/aromatic N) is 1. The molecule has 0 saturated carbocycles. The molecule has 2 aromatic rings. The lowest BCUT2D eigenvalue weighted by atomic mass is 10.0. The zero-order valence-electron chi connectivity index (χ0n) is 13.0. The minimum absolute atomic E-state index is 0.436. The highest BCUT2D eigenvalue weighted by Crippen LogP contribution is 2.52. The first kappa shape index (κ1) is 14.7. The van der Waals surface area contributed by atoms with E-state index in [0.29, 0.717) is 11.1 Å². The van der Waals surface area contributed by atoms with Crippen LogP contribution in [0.25, 0.3) is 0 Å². The third-order valence-electron chi connectivity index (χ3n) is 4.50. The van der Waals surface area contributed by atoms with Crippen LogP contribution < -0.4 is 19.7 Å². The fourth-order valence-corrected chi connectivity index (χ4v) is 3.59. The van der Waals surface area contributed by atoms with Gasteiger partial charge in [-0.3, -0.25) is 0 Å². The molecule has 1 saturated heterocycles. The van der Waals surface area contributed by atoms with E-state index in [1.807, 2.05) is 30.3 Å². The molecule has 4 nitrogen and oxygen atoms in total. The Hall–Kier alpha value is -1.91. The molecule has 0 amide bonds. The van der Waals surface area contributed by atoms with Crippen LogP contribution in [-0.4, -0.2) is 26.2 Å². The van der Waals surface area contributed by atoms with Gasteiger partial charge in [0.25, 0.3) is 0 Å². The molecule has 120 valence electrons. The number of anilines is 2. The van der Waals surface area contributed by atoms with Crippen molar-refractivity contribution < 1.29 is 9.47 Å². The average molecular weight is 331 g/mol. The van der Waals surface area contributed by atoms with Gasteiger partial charge >= 0.3 is 0 Å². The van der Waals surface area contributed by atoms with Crippen molar-refractivity contribution >= 4 is 23.0 Å². The highest BCUT2D eigenvalue weighted by atomic mass is 35.5. The first-order chi connectivity index (χ1) is 11.3. The Kier molecular flexibility index (Phi) is 3.79. The number of ether oxygens (including phenoxy) is 2. The molecule has 2 aliphatic rings. The SMILES string of the molecule is COc1cccc2c1Oc1cc(Cl)ccc1N2C1CCNCC1. The van der Waals surface area contributed by atoms with Gasteiger partial charge in [0, 0.05) is 17.1 Å². The van der Waals surface area contributed by atoms with Crippen molar-refractivity contribution in [1.82, 2.24) is 5.32 Å². The van der Waals surface area contributed by atoms with Crippen LogP contribution in [-0.2, 0) is 0 Å². The summed E-state index contributed by atoms with van der Waals surface area (Å²) in [7, 11) is 1.67. The van der Waals surface area contributed by atoms with E-state index in [1.165, 1.54) is 0 Å². The first-order valence-electron chi connectivity index (χ1n) is 7.92.